The number of benzene rings is 2. The number of thioether (sulfide) groups is 1. The van der Waals surface area contributed by atoms with Crippen molar-refractivity contribution in [3.05, 3.63) is 54.1 Å². The third kappa shape index (κ3) is 3.68. The van der Waals surface area contributed by atoms with E-state index in [1.54, 1.807) is 26.0 Å². The van der Waals surface area contributed by atoms with Crippen LogP contribution in [0.25, 0.3) is 0 Å². The average molecular weight is 289 g/mol. The van der Waals surface area contributed by atoms with E-state index in [2.05, 4.69) is 12.1 Å². The summed E-state index contributed by atoms with van der Waals surface area (Å²) in [4.78, 5) is 1.23. The van der Waals surface area contributed by atoms with Crippen LogP contribution in [-0.4, -0.2) is 20.0 Å². The van der Waals surface area contributed by atoms with Gasteiger partial charge in [0.05, 0.1) is 14.2 Å². The number of nitrogens with two attached hydrogens (primary N) is 1. The van der Waals surface area contributed by atoms with E-state index in [1.165, 1.54) is 4.90 Å². The summed E-state index contributed by atoms with van der Waals surface area (Å²) in [5.74, 6) is 2.25. The largest absolute Gasteiger partial charge is 0.493 e. The van der Waals surface area contributed by atoms with Gasteiger partial charge in [-0.25, -0.2) is 0 Å². The maximum absolute atomic E-state index is 6.24. The molecule has 20 heavy (non-hydrogen) atoms. The highest BCUT2D eigenvalue weighted by Gasteiger charge is 2.11. The lowest BCUT2D eigenvalue weighted by molar-refractivity contribution is 0.354. The van der Waals surface area contributed by atoms with Crippen LogP contribution in [-0.2, 0) is 0 Å². The van der Waals surface area contributed by atoms with Crippen molar-refractivity contribution in [1.29, 1.82) is 0 Å². The summed E-state index contributed by atoms with van der Waals surface area (Å²) in [5.41, 5.74) is 7.29. The van der Waals surface area contributed by atoms with Gasteiger partial charge in [0, 0.05) is 16.7 Å². The van der Waals surface area contributed by atoms with Crippen molar-refractivity contribution in [3.63, 3.8) is 0 Å². The molecule has 0 radical (unpaired) electrons. The fourth-order valence-corrected chi connectivity index (χ4v) is 2.80. The Morgan fingerprint density at radius 1 is 1.00 bits per heavy atom. The molecule has 0 heterocycles. The van der Waals surface area contributed by atoms with Crippen molar-refractivity contribution in [2.45, 2.75) is 10.9 Å². The molecule has 106 valence electrons. The van der Waals surface area contributed by atoms with Gasteiger partial charge in [0.15, 0.2) is 11.5 Å². The highest BCUT2D eigenvalue weighted by atomic mass is 32.2. The van der Waals surface area contributed by atoms with Crippen LogP contribution in [0, 0.1) is 0 Å². The fourth-order valence-electron chi connectivity index (χ4n) is 1.88. The van der Waals surface area contributed by atoms with E-state index in [-0.39, 0.29) is 6.04 Å². The number of methoxy groups -OCH3 is 2. The molecule has 0 saturated heterocycles. The summed E-state index contributed by atoms with van der Waals surface area (Å²) >= 11 is 1.75. The van der Waals surface area contributed by atoms with E-state index in [0.29, 0.717) is 5.75 Å². The van der Waals surface area contributed by atoms with Crippen LogP contribution in [0.5, 0.6) is 11.5 Å². The minimum Gasteiger partial charge on any atom is -0.493 e. The first-order valence-electron chi connectivity index (χ1n) is 6.40. The van der Waals surface area contributed by atoms with Crippen LogP contribution in [0.1, 0.15) is 11.6 Å². The Kier molecular flexibility index (Phi) is 5.32. The average Bonchev–Trinajstić information content (AvgIpc) is 2.52. The van der Waals surface area contributed by atoms with Gasteiger partial charge in [-0.05, 0) is 29.8 Å². The van der Waals surface area contributed by atoms with Crippen molar-refractivity contribution in [2.24, 2.45) is 5.73 Å². The molecule has 0 aliphatic heterocycles. The van der Waals surface area contributed by atoms with Crippen LogP contribution in [0.2, 0.25) is 0 Å². The minimum atomic E-state index is -0.0417. The van der Waals surface area contributed by atoms with Crippen LogP contribution in [0.3, 0.4) is 0 Å². The second-order valence-electron chi connectivity index (χ2n) is 4.34. The quantitative estimate of drug-likeness (QED) is 0.827. The monoisotopic (exact) mass is 289 g/mol. The molecule has 0 saturated carbocycles. The zero-order valence-corrected chi connectivity index (χ0v) is 12.5. The Morgan fingerprint density at radius 3 is 2.35 bits per heavy atom. The summed E-state index contributed by atoms with van der Waals surface area (Å²) in [5, 5.41) is 0. The molecule has 1 atom stereocenters. The highest BCUT2D eigenvalue weighted by Crippen LogP contribution is 2.31. The zero-order chi connectivity index (χ0) is 14.4. The second kappa shape index (κ2) is 7.22. The van der Waals surface area contributed by atoms with Crippen LogP contribution in [0.15, 0.2) is 53.4 Å². The van der Waals surface area contributed by atoms with Crippen molar-refractivity contribution in [3.8, 4) is 11.5 Å². The SMILES string of the molecule is COc1ccc(C(N)CSc2ccccc2)cc1OC. The number of rotatable bonds is 6. The van der Waals surface area contributed by atoms with Gasteiger partial charge in [-0.2, -0.15) is 0 Å². The minimum absolute atomic E-state index is 0.0417. The third-order valence-corrected chi connectivity index (χ3v) is 4.14. The van der Waals surface area contributed by atoms with Crippen molar-refractivity contribution >= 4 is 11.8 Å². The molecular weight excluding hydrogens is 270 g/mol. The Morgan fingerprint density at radius 2 is 1.70 bits per heavy atom. The van der Waals surface area contributed by atoms with Gasteiger partial charge in [-0.15, -0.1) is 11.8 Å². The van der Waals surface area contributed by atoms with Gasteiger partial charge in [0.25, 0.3) is 0 Å². The lowest BCUT2D eigenvalue weighted by atomic mass is 10.1. The number of hydrogen-bond donors (Lipinski definition) is 1. The van der Waals surface area contributed by atoms with Crippen molar-refractivity contribution in [2.75, 3.05) is 20.0 Å². The molecule has 2 N–H and O–H groups in total. The van der Waals surface area contributed by atoms with Gasteiger partial charge >= 0.3 is 0 Å². The summed E-state index contributed by atoms with van der Waals surface area (Å²) in [6, 6.07) is 16.0. The lowest BCUT2D eigenvalue weighted by Crippen LogP contribution is -2.13. The van der Waals surface area contributed by atoms with E-state index in [1.807, 2.05) is 36.4 Å². The topological polar surface area (TPSA) is 44.5 Å². The summed E-state index contributed by atoms with van der Waals surface area (Å²) in [7, 11) is 3.26. The van der Waals surface area contributed by atoms with Gasteiger partial charge in [0.1, 0.15) is 0 Å². The van der Waals surface area contributed by atoms with Crippen molar-refractivity contribution in [1.82, 2.24) is 0 Å². The highest BCUT2D eigenvalue weighted by molar-refractivity contribution is 7.99. The molecule has 0 aromatic heterocycles. The standard InChI is InChI=1S/C16H19NO2S/c1-18-15-9-8-12(10-16(15)19-2)14(17)11-20-13-6-4-3-5-7-13/h3-10,14H,11,17H2,1-2H3. The van der Waals surface area contributed by atoms with E-state index in [4.69, 9.17) is 15.2 Å². The predicted octanol–water partition coefficient (Wildman–Crippen LogP) is 3.50. The van der Waals surface area contributed by atoms with Crippen LogP contribution in [0.4, 0.5) is 0 Å². The maximum atomic E-state index is 6.24. The van der Waals surface area contributed by atoms with E-state index < -0.39 is 0 Å². The molecule has 0 bridgehead atoms. The summed E-state index contributed by atoms with van der Waals surface area (Å²) in [6.45, 7) is 0. The summed E-state index contributed by atoms with van der Waals surface area (Å²) < 4.78 is 10.5. The number of ether oxygens (including phenoxy) is 2. The molecule has 0 fully saturated rings. The van der Waals surface area contributed by atoms with E-state index in [9.17, 15) is 0 Å². The smallest absolute Gasteiger partial charge is 0.161 e. The Balaban J connectivity index is 2.03. The molecule has 2 aromatic rings. The van der Waals surface area contributed by atoms with Gasteiger partial charge < -0.3 is 15.2 Å². The molecular formula is C16H19NO2S. The van der Waals surface area contributed by atoms with Gasteiger partial charge in [-0.1, -0.05) is 24.3 Å². The molecule has 0 aliphatic rings. The maximum Gasteiger partial charge on any atom is 0.161 e. The number of hydrogen-bond acceptors (Lipinski definition) is 4. The lowest BCUT2D eigenvalue weighted by Gasteiger charge is -2.14. The second-order valence-corrected chi connectivity index (χ2v) is 5.44. The van der Waals surface area contributed by atoms with Gasteiger partial charge in [-0.3, -0.25) is 0 Å². The summed E-state index contributed by atoms with van der Waals surface area (Å²) in [6.07, 6.45) is 0. The van der Waals surface area contributed by atoms with E-state index in [0.717, 1.165) is 17.1 Å². The van der Waals surface area contributed by atoms with Crippen LogP contribution < -0.4 is 15.2 Å². The first kappa shape index (κ1) is 14.8. The molecule has 2 aromatic carbocycles. The molecule has 2 rings (SSSR count). The third-order valence-electron chi connectivity index (χ3n) is 3.01. The normalized spacial score (nSPS) is 11.9. The first-order valence-corrected chi connectivity index (χ1v) is 7.38. The van der Waals surface area contributed by atoms with Gasteiger partial charge in [0.2, 0.25) is 0 Å². The molecule has 0 aliphatic carbocycles. The fraction of sp³-hybridized carbons (Fsp3) is 0.250. The Hall–Kier alpha value is -1.65. The molecule has 0 spiro atoms. The first-order chi connectivity index (χ1) is 9.74. The Labute approximate surface area is 124 Å². The molecule has 1 unspecified atom stereocenters. The molecule has 3 nitrogen and oxygen atoms in total. The van der Waals surface area contributed by atoms with Crippen LogP contribution >= 0.6 is 11.8 Å². The molecule has 4 heteroatoms. The Bertz CT molecular complexity index is 545. The zero-order valence-electron chi connectivity index (χ0n) is 11.7. The van der Waals surface area contributed by atoms with Crippen molar-refractivity contribution < 1.29 is 9.47 Å². The van der Waals surface area contributed by atoms with E-state index >= 15 is 0 Å². The molecule has 0 amide bonds. The predicted molar refractivity (Wildman–Crippen MR) is 83.6 cm³/mol.